The van der Waals surface area contributed by atoms with Gasteiger partial charge in [0.15, 0.2) is 0 Å². The van der Waals surface area contributed by atoms with Crippen molar-refractivity contribution in [2.24, 2.45) is 5.73 Å². The van der Waals surface area contributed by atoms with Gasteiger partial charge in [-0.1, -0.05) is 20.8 Å². The molecule has 0 aromatic carbocycles. The highest BCUT2D eigenvalue weighted by atomic mass is 15.1. The minimum absolute atomic E-state index is 0.0988. The fourth-order valence-corrected chi connectivity index (χ4v) is 1.32. The van der Waals surface area contributed by atoms with Crippen LogP contribution in [-0.4, -0.2) is 23.3 Å². The quantitative estimate of drug-likeness (QED) is 0.639. The summed E-state index contributed by atoms with van der Waals surface area (Å²) in [6, 6.07) is 0. The SMILES string of the molecule is CC(C)(C)c1[nH]ncc1NCCCN. The molecule has 0 spiro atoms. The van der Waals surface area contributed by atoms with Crippen LogP contribution >= 0.6 is 0 Å². The van der Waals surface area contributed by atoms with Gasteiger partial charge in [-0.25, -0.2) is 0 Å². The second kappa shape index (κ2) is 4.46. The molecule has 4 N–H and O–H groups in total. The van der Waals surface area contributed by atoms with Crippen LogP contribution in [0.3, 0.4) is 0 Å². The Morgan fingerprint density at radius 3 is 2.79 bits per heavy atom. The number of nitrogens with zero attached hydrogens (tertiary/aromatic N) is 1. The molecule has 1 aromatic heterocycles. The Morgan fingerprint density at radius 1 is 1.50 bits per heavy atom. The van der Waals surface area contributed by atoms with Crippen LogP contribution in [0.15, 0.2) is 6.20 Å². The van der Waals surface area contributed by atoms with Crippen LogP contribution in [0.1, 0.15) is 32.9 Å². The Hall–Kier alpha value is -1.03. The Morgan fingerprint density at radius 2 is 2.21 bits per heavy atom. The van der Waals surface area contributed by atoms with Gasteiger partial charge in [-0.3, -0.25) is 5.10 Å². The fraction of sp³-hybridized carbons (Fsp3) is 0.700. The maximum absolute atomic E-state index is 5.43. The summed E-state index contributed by atoms with van der Waals surface area (Å²) in [5.41, 5.74) is 7.76. The summed E-state index contributed by atoms with van der Waals surface area (Å²) in [5.74, 6) is 0. The van der Waals surface area contributed by atoms with Gasteiger partial charge in [0.2, 0.25) is 0 Å². The summed E-state index contributed by atoms with van der Waals surface area (Å²) in [5, 5.41) is 10.4. The van der Waals surface area contributed by atoms with Crippen molar-refractivity contribution >= 4 is 5.69 Å². The molecular weight excluding hydrogens is 176 g/mol. The maximum Gasteiger partial charge on any atom is 0.0761 e. The Labute approximate surface area is 85.3 Å². The van der Waals surface area contributed by atoms with Gasteiger partial charge in [-0.2, -0.15) is 5.10 Å². The van der Waals surface area contributed by atoms with Crippen molar-refractivity contribution in [3.05, 3.63) is 11.9 Å². The van der Waals surface area contributed by atoms with Crippen molar-refractivity contribution in [1.82, 2.24) is 10.2 Å². The van der Waals surface area contributed by atoms with E-state index >= 15 is 0 Å². The lowest BCUT2D eigenvalue weighted by atomic mass is 9.91. The number of aromatic nitrogens is 2. The molecular formula is C10H20N4. The van der Waals surface area contributed by atoms with E-state index in [1.165, 1.54) is 0 Å². The topological polar surface area (TPSA) is 66.7 Å². The standard InChI is InChI=1S/C10H20N4/c1-10(2,3)9-8(7-13-14-9)12-6-4-5-11/h7,12H,4-6,11H2,1-3H3,(H,13,14). The highest BCUT2D eigenvalue weighted by molar-refractivity contribution is 5.48. The molecule has 1 heterocycles. The Kier molecular flexibility index (Phi) is 3.52. The van der Waals surface area contributed by atoms with E-state index in [2.05, 4.69) is 36.3 Å². The zero-order valence-electron chi connectivity index (χ0n) is 9.22. The first kappa shape index (κ1) is 11.0. The maximum atomic E-state index is 5.43. The second-order valence-electron chi connectivity index (χ2n) is 4.48. The third-order valence-electron chi connectivity index (χ3n) is 2.09. The van der Waals surface area contributed by atoms with Crippen molar-refractivity contribution in [2.45, 2.75) is 32.6 Å². The Balaban J connectivity index is 2.63. The molecule has 0 aliphatic rings. The first-order chi connectivity index (χ1) is 6.55. The Bertz CT molecular complexity index is 272. The van der Waals surface area contributed by atoms with Crippen molar-refractivity contribution < 1.29 is 0 Å². The molecule has 0 amide bonds. The number of rotatable bonds is 4. The van der Waals surface area contributed by atoms with E-state index in [0.29, 0.717) is 0 Å². The van der Waals surface area contributed by atoms with Crippen LogP contribution in [0, 0.1) is 0 Å². The molecule has 0 unspecified atom stereocenters. The largest absolute Gasteiger partial charge is 0.382 e. The van der Waals surface area contributed by atoms with E-state index in [-0.39, 0.29) is 5.41 Å². The number of hydrogen-bond acceptors (Lipinski definition) is 3. The molecule has 0 saturated heterocycles. The number of nitrogens with two attached hydrogens (primary N) is 1. The molecule has 0 aliphatic carbocycles. The summed E-state index contributed by atoms with van der Waals surface area (Å²) < 4.78 is 0. The van der Waals surface area contributed by atoms with E-state index in [1.54, 1.807) is 0 Å². The molecule has 0 aliphatic heterocycles. The summed E-state index contributed by atoms with van der Waals surface area (Å²) in [6.07, 6.45) is 2.81. The minimum Gasteiger partial charge on any atom is -0.382 e. The van der Waals surface area contributed by atoms with Crippen LogP contribution in [0.2, 0.25) is 0 Å². The summed E-state index contributed by atoms with van der Waals surface area (Å²) in [6.45, 7) is 8.10. The van der Waals surface area contributed by atoms with Crippen molar-refractivity contribution in [3.8, 4) is 0 Å². The van der Waals surface area contributed by atoms with Gasteiger partial charge >= 0.3 is 0 Å². The zero-order valence-corrected chi connectivity index (χ0v) is 9.22. The number of hydrogen-bond donors (Lipinski definition) is 3. The van der Waals surface area contributed by atoms with Gasteiger partial charge in [0.25, 0.3) is 0 Å². The molecule has 0 radical (unpaired) electrons. The molecule has 14 heavy (non-hydrogen) atoms. The first-order valence-electron chi connectivity index (χ1n) is 5.03. The molecule has 0 atom stereocenters. The number of anilines is 1. The average Bonchev–Trinajstić information content (AvgIpc) is 2.52. The lowest BCUT2D eigenvalue weighted by molar-refractivity contribution is 0.568. The van der Waals surface area contributed by atoms with Crippen molar-refractivity contribution in [2.75, 3.05) is 18.4 Å². The van der Waals surface area contributed by atoms with Crippen molar-refractivity contribution in [3.63, 3.8) is 0 Å². The molecule has 4 heteroatoms. The molecule has 1 aromatic rings. The summed E-state index contributed by atoms with van der Waals surface area (Å²) in [7, 11) is 0. The lowest BCUT2D eigenvalue weighted by Gasteiger charge is -2.18. The van der Waals surface area contributed by atoms with Crippen LogP contribution in [0.25, 0.3) is 0 Å². The normalized spacial score (nSPS) is 11.7. The number of aromatic amines is 1. The van der Waals surface area contributed by atoms with E-state index in [1.807, 2.05) is 6.20 Å². The second-order valence-corrected chi connectivity index (χ2v) is 4.48. The predicted molar refractivity (Wildman–Crippen MR) is 59.4 cm³/mol. The van der Waals surface area contributed by atoms with E-state index in [4.69, 9.17) is 5.73 Å². The highest BCUT2D eigenvalue weighted by Crippen LogP contribution is 2.26. The van der Waals surface area contributed by atoms with Gasteiger partial charge in [0, 0.05) is 12.0 Å². The molecule has 4 nitrogen and oxygen atoms in total. The van der Waals surface area contributed by atoms with Crippen molar-refractivity contribution in [1.29, 1.82) is 0 Å². The molecule has 0 saturated carbocycles. The van der Waals surface area contributed by atoms with Gasteiger partial charge in [-0.15, -0.1) is 0 Å². The predicted octanol–water partition coefficient (Wildman–Crippen LogP) is 1.47. The van der Waals surface area contributed by atoms with Crippen LogP contribution in [-0.2, 0) is 5.41 Å². The van der Waals surface area contributed by atoms with Crippen LogP contribution in [0.4, 0.5) is 5.69 Å². The molecule has 1 rings (SSSR count). The zero-order chi connectivity index (χ0) is 10.6. The molecule has 0 bridgehead atoms. The third kappa shape index (κ3) is 2.73. The monoisotopic (exact) mass is 196 g/mol. The lowest BCUT2D eigenvalue weighted by Crippen LogP contribution is -2.16. The van der Waals surface area contributed by atoms with Crippen LogP contribution < -0.4 is 11.1 Å². The van der Waals surface area contributed by atoms with E-state index in [0.717, 1.165) is 30.9 Å². The third-order valence-corrected chi connectivity index (χ3v) is 2.09. The smallest absolute Gasteiger partial charge is 0.0761 e. The van der Waals surface area contributed by atoms with Gasteiger partial charge < -0.3 is 11.1 Å². The number of H-pyrrole nitrogens is 1. The minimum atomic E-state index is 0.0988. The summed E-state index contributed by atoms with van der Waals surface area (Å²) >= 11 is 0. The molecule has 80 valence electrons. The average molecular weight is 196 g/mol. The number of nitrogens with one attached hydrogen (secondary N) is 2. The van der Waals surface area contributed by atoms with E-state index < -0.39 is 0 Å². The summed E-state index contributed by atoms with van der Waals surface area (Å²) in [4.78, 5) is 0. The highest BCUT2D eigenvalue weighted by Gasteiger charge is 2.19. The van der Waals surface area contributed by atoms with Gasteiger partial charge in [-0.05, 0) is 13.0 Å². The van der Waals surface area contributed by atoms with E-state index in [9.17, 15) is 0 Å². The van der Waals surface area contributed by atoms with Gasteiger partial charge in [0.1, 0.15) is 0 Å². The van der Waals surface area contributed by atoms with Crippen LogP contribution in [0.5, 0.6) is 0 Å². The first-order valence-corrected chi connectivity index (χ1v) is 5.03. The fourth-order valence-electron chi connectivity index (χ4n) is 1.32. The van der Waals surface area contributed by atoms with Gasteiger partial charge in [0.05, 0.1) is 17.6 Å². The molecule has 0 fully saturated rings.